The molecule has 1 aliphatic rings. The van der Waals surface area contributed by atoms with Gasteiger partial charge in [-0.3, -0.25) is 9.89 Å². The van der Waals surface area contributed by atoms with Crippen LogP contribution in [-0.2, 0) is 6.61 Å². The first kappa shape index (κ1) is 11.7. The lowest BCUT2D eigenvalue weighted by atomic mass is 10.0. The summed E-state index contributed by atoms with van der Waals surface area (Å²) in [6.45, 7) is 0.427. The van der Waals surface area contributed by atoms with E-state index in [0.29, 0.717) is 12.3 Å². The van der Waals surface area contributed by atoms with E-state index in [9.17, 15) is 4.79 Å². The smallest absolute Gasteiger partial charge is 0.269 e. The van der Waals surface area contributed by atoms with Gasteiger partial charge < -0.3 is 15.2 Å². The molecule has 1 aromatic carbocycles. The number of aliphatic hydroxyl groups is 1. The summed E-state index contributed by atoms with van der Waals surface area (Å²) in [5, 5.41) is 18.3. The third-order valence-electron chi connectivity index (χ3n) is 3.01. The van der Waals surface area contributed by atoms with Gasteiger partial charge in [-0.15, -0.1) is 0 Å². The lowest BCUT2D eigenvalue weighted by Gasteiger charge is -2.16. The number of fused-ring (bicyclic) bond motifs is 3. The second kappa shape index (κ2) is 4.74. The Balaban J connectivity index is 1.97. The van der Waals surface area contributed by atoms with Crippen LogP contribution in [0.1, 0.15) is 16.1 Å². The molecule has 0 saturated heterocycles. The molecule has 2 aromatic rings. The van der Waals surface area contributed by atoms with Gasteiger partial charge in [0.05, 0.1) is 6.61 Å². The summed E-state index contributed by atoms with van der Waals surface area (Å²) in [6.07, 6.45) is 0. The van der Waals surface area contributed by atoms with E-state index >= 15 is 0 Å². The van der Waals surface area contributed by atoms with Crippen molar-refractivity contribution in [2.45, 2.75) is 6.61 Å². The zero-order valence-corrected chi connectivity index (χ0v) is 10.1. The average molecular weight is 259 g/mol. The molecule has 0 unspecified atom stereocenters. The molecule has 6 heteroatoms. The minimum Gasteiger partial charge on any atom is -0.488 e. The van der Waals surface area contributed by atoms with Crippen molar-refractivity contribution in [2.75, 3.05) is 13.2 Å². The number of ether oxygens (including phenoxy) is 1. The predicted molar refractivity (Wildman–Crippen MR) is 67.8 cm³/mol. The summed E-state index contributed by atoms with van der Waals surface area (Å²) in [6, 6.07) is 7.57. The molecule has 1 amide bonds. The molecule has 0 aliphatic carbocycles. The molecule has 3 N–H and O–H groups in total. The van der Waals surface area contributed by atoms with Crippen LogP contribution < -0.4 is 10.1 Å². The van der Waals surface area contributed by atoms with Gasteiger partial charge in [0.1, 0.15) is 23.7 Å². The number of carbonyl (C=O) groups excluding carboxylic acids is 1. The van der Waals surface area contributed by atoms with Crippen molar-refractivity contribution in [2.24, 2.45) is 0 Å². The number of hydrogen-bond acceptors (Lipinski definition) is 4. The topological polar surface area (TPSA) is 87.2 Å². The lowest BCUT2D eigenvalue weighted by Crippen LogP contribution is -2.28. The first-order chi connectivity index (χ1) is 9.31. The highest BCUT2D eigenvalue weighted by molar-refractivity contribution is 5.96. The van der Waals surface area contributed by atoms with Gasteiger partial charge in [-0.25, -0.2) is 0 Å². The van der Waals surface area contributed by atoms with Gasteiger partial charge in [-0.05, 0) is 12.1 Å². The molecule has 0 fully saturated rings. The minimum atomic E-state index is -0.286. The number of H-pyrrole nitrogens is 1. The largest absolute Gasteiger partial charge is 0.488 e. The fraction of sp³-hybridized carbons (Fsp3) is 0.231. The van der Waals surface area contributed by atoms with Gasteiger partial charge in [-0.1, -0.05) is 12.1 Å². The maximum atomic E-state index is 11.9. The summed E-state index contributed by atoms with van der Waals surface area (Å²) in [7, 11) is 0. The highest BCUT2D eigenvalue weighted by Gasteiger charge is 2.25. The van der Waals surface area contributed by atoms with Crippen molar-refractivity contribution in [3.05, 3.63) is 35.5 Å². The minimum absolute atomic E-state index is 0.0958. The summed E-state index contributed by atoms with van der Waals surface area (Å²) in [4.78, 5) is 11.9. The van der Waals surface area contributed by atoms with Crippen LogP contribution in [0.25, 0.3) is 11.3 Å². The number of aromatic amines is 1. The Morgan fingerprint density at radius 2 is 2.32 bits per heavy atom. The number of hydrogen-bond donors (Lipinski definition) is 3. The highest BCUT2D eigenvalue weighted by atomic mass is 16.5. The fourth-order valence-corrected chi connectivity index (χ4v) is 2.11. The number of nitrogens with one attached hydrogen (secondary N) is 2. The maximum Gasteiger partial charge on any atom is 0.269 e. The van der Waals surface area contributed by atoms with Crippen LogP contribution in [0, 0.1) is 0 Å². The van der Waals surface area contributed by atoms with E-state index < -0.39 is 0 Å². The van der Waals surface area contributed by atoms with Crippen LogP contribution in [0.15, 0.2) is 24.3 Å². The van der Waals surface area contributed by atoms with Crippen LogP contribution >= 0.6 is 0 Å². The van der Waals surface area contributed by atoms with Crippen molar-refractivity contribution in [3.8, 4) is 17.0 Å². The summed E-state index contributed by atoms with van der Waals surface area (Å²) >= 11 is 0. The standard InChI is InChI=1S/C13H13N3O3/c17-6-5-14-13(18)12-9-7-19-10-4-2-1-3-8(10)11(9)15-16-12/h1-4,17H,5-7H2,(H,14,18)(H,15,16). The first-order valence-electron chi connectivity index (χ1n) is 5.99. The fourth-order valence-electron chi connectivity index (χ4n) is 2.11. The second-order valence-electron chi connectivity index (χ2n) is 4.19. The van der Waals surface area contributed by atoms with E-state index in [1.165, 1.54) is 0 Å². The van der Waals surface area contributed by atoms with Crippen LogP contribution in [-0.4, -0.2) is 34.4 Å². The van der Waals surface area contributed by atoms with Crippen LogP contribution in [0.4, 0.5) is 0 Å². The summed E-state index contributed by atoms with van der Waals surface area (Å²) in [5.74, 6) is 0.481. The van der Waals surface area contributed by atoms with E-state index in [0.717, 1.165) is 22.6 Å². The Kier molecular flexibility index (Phi) is 2.92. The molecule has 6 nitrogen and oxygen atoms in total. The van der Waals surface area contributed by atoms with Crippen molar-refractivity contribution in [3.63, 3.8) is 0 Å². The molecule has 0 spiro atoms. The van der Waals surface area contributed by atoms with Crippen molar-refractivity contribution in [1.29, 1.82) is 0 Å². The van der Waals surface area contributed by atoms with Gasteiger partial charge in [-0.2, -0.15) is 5.10 Å². The van der Waals surface area contributed by atoms with Crippen LogP contribution in [0.5, 0.6) is 5.75 Å². The van der Waals surface area contributed by atoms with E-state index in [1.807, 2.05) is 24.3 Å². The van der Waals surface area contributed by atoms with Gasteiger partial charge in [0.15, 0.2) is 0 Å². The number of benzene rings is 1. The average Bonchev–Trinajstić information content (AvgIpc) is 2.89. The second-order valence-corrected chi connectivity index (χ2v) is 4.19. The SMILES string of the molecule is O=C(NCCO)c1[nH]nc2c1COc1ccccc1-2. The predicted octanol–water partition coefficient (Wildman–Crippen LogP) is 0.691. The number of para-hydroxylation sites is 1. The molecule has 0 saturated carbocycles. The number of carbonyl (C=O) groups is 1. The first-order valence-corrected chi connectivity index (χ1v) is 5.99. The number of nitrogens with zero attached hydrogens (tertiary/aromatic N) is 1. The molecular formula is C13H13N3O3. The van der Waals surface area contributed by atoms with Gasteiger partial charge in [0, 0.05) is 17.7 Å². The molecule has 1 aromatic heterocycles. The molecule has 0 atom stereocenters. The third-order valence-corrected chi connectivity index (χ3v) is 3.01. The van der Waals surface area contributed by atoms with Crippen LogP contribution in [0.3, 0.4) is 0 Å². The molecule has 0 radical (unpaired) electrons. The zero-order chi connectivity index (χ0) is 13.2. The monoisotopic (exact) mass is 259 g/mol. The van der Waals surface area contributed by atoms with Crippen molar-refractivity contribution < 1.29 is 14.6 Å². The van der Waals surface area contributed by atoms with E-state index in [1.54, 1.807) is 0 Å². The Morgan fingerprint density at radius 3 is 3.16 bits per heavy atom. The molecule has 3 rings (SSSR count). The Morgan fingerprint density at radius 1 is 1.47 bits per heavy atom. The Hall–Kier alpha value is -2.34. The number of rotatable bonds is 3. The number of amides is 1. The molecule has 0 bridgehead atoms. The number of aliphatic hydroxyl groups excluding tert-OH is 1. The Bertz CT molecular complexity index is 621. The molecule has 1 aliphatic heterocycles. The van der Waals surface area contributed by atoms with Gasteiger partial charge in [0.2, 0.25) is 0 Å². The van der Waals surface area contributed by atoms with Gasteiger partial charge >= 0.3 is 0 Å². The van der Waals surface area contributed by atoms with E-state index in [-0.39, 0.29) is 19.1 Å². The quantitative estimate of drug-likeness (QED) is 0.757. The normalized spacial score (nSPS) is 12.3. The summed E-state index contributed by atoms with van der Waals surface area (Å²) < 4.78 is 5.61. The lowest BCUT2D eigenvalue weighted by molar-refractivity contribution is 0.0937. The molecule has 98 valence electrons. The summed E-state index contributed by atoms with van der Waals surface area (Å²) in [5.41, 5.74) is 2.75. The zero-order valence-electron chi connectivity index (χ0n) is 10.1. The maximum absolute atomic E-state index is 11.9. The molecular weight excluding hydrogens is 246 g/mol. The number of aromatic nitrogens is 2. The third kappa shape index (κ3) is 1.96. The van der Waals surface area contributed by atoms with Crippen molar-refractivity contribution >= 4 is 5.91 Å². The van der Waals surface area contributed by atoms with Crippen molar-refractivity contribution in [1.82, 2.24) is 15.5 Å². The van der Waals surface area contributed by atoms with Crippen LogP contribution in [0.2, 0.25) is 0 Å². The highest BCUT2D eigenvalue weighted by Crippen LogP contribution is 2.36. The van der Waals surface area contributed by atoms with E-state index in [2.05, 4.69) is 15.5 Å². The molecule has 19 heavy (non-hydrogen) atoms. The van der Waals surface area contributed by atoms with E-state index in [4.69, 9.17) is 9.84 Å². The Labute approximate surface area is 109 Å². The molecule has 2 heterocycles. The van der Waals surface area contributed by atoms with Gasteiger partial charge in [0.25, 0.3) is 5.91 Å².